The number of ether oxygens (including phenoxy) is 1. The molecular formula is C39H58F2N2O4. The quantitative estimate of drug-likeness (QED) is 0.345. The van der Waals surface area contributed by atoms with Gasteiger partial charge in [0.25, 0.3) is 0 Å². The fourth-order valence-electron chi connectivity index (χ4n) is 11.5. The Morgan fingerprint density at radius 2 is 1.64 bits per heavy atom. The van der Waals surface area contributed by atoms with Crippen LogP contribution in [0.15, 0.2) is 18.2 Å². The van der Waals surface area contributed by atoms with Gasteiger partial charge in [0.2, 0.25) is 5.91 Å². The molecule has 1 N–H and O–H groups in total. The van der Waals surface area contributed by atoms with E-state index in [0.29, 0.717) is 53.7 Å². The summed E-state index contributed by atoms with van der Waals surface area (Å²) in [5.41, 5.74) is 0.346. The second kappa shape index (κ2) is 12.9. The molecule has 2 amide bonds. The molecule has 1 heterocycles. The number of carbonyl (C=O) groups is 2. The van der Waals surface area contributed by atoms with E-state index in [-0.39, 0.29) is 18.6 Å². The number of hydrogen-bond acceptors (Lipinski definition) is 4. The number of rotatable bonds is 5. The molecule has 1 aromatic carbocycles. The minimum atomic E-state index is -0.697. The lowest BCUT2D eigenvalue weighted by Gasteiger charge is -2.61. The van der Waals surface area contributed by atoms with Crippen molar-refractivity contribution in [3.8, 4) is 0 Å². The summed E-state index contributed by atoms with van der Waals surface area (Å²) in [5.74, 6) is 2.51. The van der Waals surface area contributed by atoms with Crippen LogP contribution in [-0.2, 0) is 9.53 Å². The summed E-state index contributed by atoms with van der Waals surface area (Å²) < 4.78 is 34.3. The van der Waals surface area contributed by atoms with Gasteiger partial charge in [0, 0.05) is 32.1 Å². The zero-order chi connectivity index (χ0) is 33.9. The van der Waals surface area contributed by atoms with Gasteiger partial charge in [-0.25, -0.2) is 13.6 Å². The monoisotopic (exact) mass is 656 g/mol. The lowest BCUT2D eigenvalue weighted by Crippen LogP contribution is -2.54. The minimum Gasteiger partial charge on any atom is -0.444 e. The molecule has 10 atom stereocenters. The molecule has 0 radical (unpaired) electrons. The van der Waals surface area contributed by atoms with Crippen molar-refractivity contribution in [2.24, 2.45) is 46.3 Å². The topological polar surface area (TPSA) is 70.1 Å². The second-order valence-electron chi connectivity index (χ2n) is 17.6. The van der Waals surface area contributed by atoms with E-state index in [9.17, 15) is 23.5 Å². The predicted molar refractivity (Wildman–Crippen MR) is 178 cm³/mol. The Kier molecular flexibility index (Phi) is 9.51. The van der Waals surface area contributed by atoms with Crippen molar-refractivity contribution in [3.05, 3.63) is 35.4 Å². The Balaban J connectivity index is 1.12. The van der Waals surface area contributed by atoms with Crippen molar-refractivity contribution < 1.29 is 28.2 Å². The highest BCUT2D eigenvalue weighted by molar-refractivity contribution is 5.77. The standard InChI is InChI=1S/C39H58F2N2O4/c1-24(31-10-11-32-30-9-8-26-21-29(44)13-15-38(26,5)33(30)14-16-39(31,32)6)7-12-35(45)43-18-17-42(36(46)47-37(2,3)4)23-34(43)25-19-27(40)22-28(41)20-25/h19-20,22,24,26,29-34,44H,7-18,21,23H2,1-6H3/t24-,26-,29-,30+,31-,32+,33+,34?,38+,39-/m1/s1. The predicted octanol–water partition coefficient (Wildman–Crippen LogP) is 8.52. The van der Waals surface area contributed by atoms with Crippen molar-refractivity contribution in [2.75, 3.05) is 19.6 Å². The number of fused-ring (bicyclic) bond motifs is 5. The molecule has 1 saturated heterocycles. The molecule has 6 nitrogen and oxygen atoms in total. The maximum absolute atomic E-state index is 14.4. The molecule has 4 saturated carbocycles. The zero-order valence-corrected chi connectivity index (χ0v) is 29.6. The van der Waals surface area contributed by atoms with Crippen LogP contribution in [0, 0.1) is 58.0 Å². The van der Waals surface area contributed by atoms with Crippen LogP contribution in [0.25, 0.3) is 0 Å². The van der Waals surface area contributed by atoms with Gasteiger partial charge in [0.05, 0.1) is 12.1 Å². The molecule has 5 fully saturated rings. The summed E-state index contributed by atoms with van der Waals surface area (Å²) in [5, 5.41) is 10.4. The highest BCUT2D eigenvalue weighted by Crippen LogP contribution is 2.68. The summed E-state index contributed by atoms with van der Waals surface area (Å²) >= 11 is 0. The van der Waals surface area contributed by atoms with Gasteiger partial charge in [-0.15, -0.1) is 0 Å². The number of aliphatic hydroxyl groups is 1. The van der Waals surface area contributed by atoms with Crippen molar-refractivity contribution in [1.82, 2.24) is 9.80 Å². The van der Waals surface area contributed by atoms with Crippen LogP contribution >= 0.6 is 0 Å². The molecule has 6 rings (SSSR count). The van der Waals surface area contributed by atoms with Gasteiger partial charge in [-0.05, 0) is 149 Å². The molecule has 4 aliphatic carbocycles. The number of aliphatic hydroxyl groups excluding tert-OH is 1. The van der Waals surface area contributed by atoms with E-state index in [1.807, 2.05) is 0 Å². The highest BCUT2D eigenvalue weighted by Gasteiger charge is 2.60. The van der Waals surface area contributed by atoms with E-state index in [2.05, 4.69) is 20.8 Å². The number of carbonyl (C=O) groups excluding carboxylic acids is 2. The SMILES string of the molecule is C[C@H](CCC(=O)N1CCN(C(=O)OC(C)(C)C)CC1c1cc(F)cc(F)c1)[C@H]1CC[C@H]2[C@@H]3CC[C@@H]4C[C@H](O)CC[C@]4(C)[C@H]3CC[C@]12C. The van der Waals surface area contributed by atoms with E-state index in [4.69, 9.17) is 4.74 Å². The molecule has 1 aliphatic heterocycles. The molecule has 0 spiro atoms. The van der Waals surface area contributed by atoms with Gasteiger partial charge in [-0.3, -0.25) is 4.79 Å². The molecule has 0 aromatic heterocycles. The van der Waals surface area contributed by atoms with Crippen LogP contribution in [-0.4, -0.2) is 58.2 Å². The molecule has 5 aliphatic rings. The van der Waals surface area contributed by atoms with Crippen molar-refractivity contribution >= 4 is 12.0 Å². The Morgan fingerprint density at radius 3 is 2.34 bits per heavy atom. The number of halogens is 2. The summed E-state index contributed by atoms with van der Waals surface area (Å²) in [6.45, 7) is 13.6. The van der Waals surface area contributed by atoms with Gasteiger partial charge >= 0.3 is 6.09 Å². The molecule has 262 valence electrons. The lowest BCUT2D eigenvalue weighted by molar-refractivity contribution is -0.137. The Hall–Kier alpha value is -2.22. The number of nitrogens with zero attached hydrogens (tertiary/aromatic N) is 2. The second-order valence-corrected chi connectivity index (χ2v) is 17.6. The van der Waals surface area contributed by atoms with Crippen molar-refractivity contribution in [1.29, 1.82) is 0 Å². The number of amides is 2. The normalized spacial score (nSPS) is 37.9. The van der Waals surface area contributed by atoms with Gasteiger partial charge < -0.3 is 19.6 Å². The van der Waals surface area contributed by atoms with Gasteiger partial charge in [0.1, 0.15) is 17.2 Å². The summed E-state index contributed by atoms with van der Waals surface area (Å²) in [4.78, 5) is 30.1. The van der Waals surface area contributed by atoms with E-state index in [1.165, 1.54) is 57.1 Å². The molecular weight excluding hydrogens is 598 g/mol. The maximum atomic E-state index is 14.4. The third-order valence-corrected chi connectivity index (χ3v) is 13.8. The molecule has 47 heavy (non-hydrogen) atoms. The first-order chi connectivity index (χ1) is 22.1. The lowest BCUT2D eigenvalue weighted by atomic mass is 9.44. The highest BCUT2D eigenvalue weighted by atomic mass is 19.1. The molecule has 0 bridgehead atoms. The first-order valence-corrected chi connectivity index (χ1v) is 18.5. The molecule has 1 unspecified atom stereocenters. The first kappa shape index (κ1) is 34.6. The number of piperazine rings is 1. The van der Waals surface area contributed by atoms with Crippen LogP contribution in [0.3, 0.4) is 0 Å². The van der Waals surface area contributed by atoms with E-state index in [1.54, 1.807) is 30.6 Å². The minimum absolute atomic E-state index is 0.0236. The van der Waals surface area contributed by atoms with Crippen LogP contribution in [0.2, 0.25) is 0 Å². The van der Waals surface area contributed by atoms with E-state index in [0.717, 1.165) is 43.1 Å². The smallest absolute Gasteiger partial charge is 0.410 e. The van der Waals surface area contributed by atoms with Crippen molar-refractivity contribution in [2.45, 2.75) is 130 Å². The zero-order valence-electron chi connectivity index (χ0n) is 29.6. The average Bonchev–Trinajstić information content (AvgIpc) is 3.35. The number of hydrogen-bond donors (Lipinski definition) is 1. The Morgan fingerprint density at radius 1 is 0.957 bits per heavy atom. The summed E-state index contributed by atoms with van der Waals surface area (Å²) in [6.07, 6.45) is 11.3. The van der Waals surface area contributed by atoms with Gasteiger partial charge in [-0.2, -0.15) is 0 Å². The largest absolute Gasteiger partial charge is 0.444 e. The molecule has 8 heteroatoms. The van der Waals surface area contributed by atoms with E-state index >= 15 is 0 Å². The fraction of sp³-hybridized carbons (Fsp3) is 0.795. The van der Waals surface area contributed by atoms with Crippen LogP contribution in [0.4, 0.5) is 13.6 Å². The summed E-state index contributed by atoms with van der Waals surface area (Å²) in [7, 11) is 0. The summed E-state index contributed by atoms with van der Waals surface area (Å²) in [6, 6.07) is 2.73. The number of benzene rings is 1. The van der Waals surface area contributed by atoms with Crippen LogP contribution in [0.1, 0.15) is 124 Å². The van der Waals surface area contributed by atoms with Crippen LogP contribution < -0.4 is 0 Å². The van der Waals surface area contributed by atoms with Gasteiger partial charge in [-0.1, -0.05) is 20.8 Å². The van der Waals surface area contributed by atoms with Gasteiger partial charge in [0.15, 0.2) is 0 Å². The Labute approximate surface area is 281 Å². The van der Waals surface area contributed by atoms with Crippen LogP contribution in [0.5, 0.6) is 0 Å². The van der Waals surface area contributed by atoms with E-state index < -0.39 is 29.4 Å². The average molecular weight is 657 g/mol. The molecule has 1 aromatic rings. The third-order valence-electron chi connectivity index (χ3n) is 13.8. The maximum Gasteiger partial charge on any atom is 0.410 e. The Bertz CT molecular complexity index is 1310. The van der Waals surface area contributed by atoms with Crippen molar-refractivity contribution in [3.63, 3.8) is 0 Å². The fourth-order valence-corrected chi connectivity index (χ4v) is 11.5. The third kappa shape index (κ3) is 6.70. The first-order valence-electron chi connectivity index (χ1n) is 18.5.